The molecule has 1 aliphatic rings. The van der Waals surface area contributed by atoms with Gasteiger partial charge in [0.15, 0.2) is 18.1 Å². The highest BCUT2D eigenvalue weighted by Gasteiger charge is 2.27. The summed E-state index contributed by atoms with van der Waals surface area (Å²) in [5.41, 5.74) is 0.791. The van der Waals surface area contributed by atoms with Crippen LogP contribution in [-0.2, 0) is 4.79 Å². The average molecular weight is 337 g/mol. The lowest BCUT2D eigenvalue weighted by molar-refractivity contribution is -0.132. The monoisotopic (exact) mass is 337 g/mol. The Bertz CT molecular complexity index is 864. The molecular formula is C18H19N5O2. The highest BCUT2D eigenvalue weighted by Crippen LogP contribution is 2.18. The number of hydrogen-bond donors (Lipinski definition) is 1. The first-order valence-corrected chi connectivity index (χ1v) is 8.29. The Morgan fingerprint density at radius 1 is 1.20 bits per heavy atom. The van der Waals surface area contributed by atoms with Crippen LogP contribution in [0.1, 0.15) is 6.42 Å². The maximum atomic E-state index is 12.3. The number of fused-ring (bicyclic) bond motifs is 1. The van der Waals surface area contributed by atoms with E-state index in [0.29, 0.717) is 18.8 Å². The van der Waals surface area contributed by atoms with Crippen molar-refractivity contribution in [2.45, 2.75) is 12.5 Å². The van der Waals surface area contributed by atoms with E-state index >= 15 is 0 Å². The summed E-state index contributed by atoms with van der Waals surface area (Å²) in [5, 5.41) is 3.40. The molecule has 7 nitrogen and oxygen atoms in total. The Labute approximate surface area is 145 Å². The van der Waals surface area contributed by atoms with Gasteiger partial charge in [-0.05, 0) is 18.6 Å². The third-order valence-electron chi connectivity index (χ3n) is 4.30. The molecule has 0 spiro atoms. The van der Waals surface area contributed by atoms with Crippen molar-refractivity contribution in [3.8, 4) is 5.75 Å². The van der Waals surface area contributed by atoms with E-state index in [9.17, 15) is 4.79 Å². The minimum absolute atomic E-state index is 0.000122. The van der Waals surface area contributed by atoms with Crippen molar-refractivity contribution in [2.75, 3.05) is 25.0 Å². The predicted octanol–water partition coefficient (Wildman–Crippen LogP) is 1.82. The topological polar surface area (TPSA) is 71.8 Å². The van der Waals surface area contributed by atoms with Crippen LogP contribution >= 0.6 is 0 Å². The molecule has 0 bridgehead atoms. The number of nitrogens with zero attached hydrogens (tertiary/aromatic N) is 4. The fourth-order valence-corrected chi connectivity index (χ4v) is 3.01. The Balaban J connectivity index is 1.33. The summed E-state index contributed by atoms with van der Waals surface area (Å²) in [6.45, 7) is 1.41. The summed E-state index contributed by atoms with van der Waals surface area (Å²) in [6, 6.07) is 9.55. The molecule has 1 saturated heterocycles. The summed E-state index contributed by atoms with van der Waals surface area (Å²) in [6.07, 6.45) is 8.10. The zero-order chi connectivity index (χ0) is 17.1. The number of ether oxygens (including phenoxy) is 1. The number of likely N-dealkylation sites (tertiary alicyclic amines) is 1. The predicted molar refractivity (Wildman–Crippen MR) is 93.5 cm³/mol. The fourth-order valence-electron chi connectivity index (χ4n) is 3.01. The van der Waals surface area contributed by atoms with E-state index in [2.05, 4.69) is 15.3 Å². The maximum Gasteiger partial charge on any atom is 0.260 e. The van der Waals surface area contributed by atoms with Gasteiger partial charge in [-0.25, -0.2) is 9.97 Å². The number of nitrogens with one attached hydrogen (secondary N) is 1. The van der Waals surface area contributed by atoms with Crippen molar-refractivity contribution in [3.05, 3.63) is 55.1 Å². The van der Waals surface area contributed by atoms with Gasteiger partial charge in [0.25, 0.3) is 5.91 Å². The van der Waals surface area contributed by atoms with Crippen LogP contribution < -0.4 is 10.1 Å². The van der Waals surface area contributed by atoms with E-state index in [1.807, 2.05) is 52.0 Å². The summed E-state index contributed by atoms with van der Waals surface area (Å²) in [5.74, 6) is 1.45. The molecule has 1 aliphatic heterocycles. The van der Waals surface area contributed by atoms with Gasteiger partial charge in [-0.1, -0.05) is 18.2 Å². The van der Waals surface area contributed by atoms with Crippen LogP contribution in [0.25, 0.3) is 5.65 Å². The van der Waals surface area contributed by atoms with Crippen molar-refractivity contribution in [1.82, 2.24) is 19.3 Å². The minimum atomic E-state index is 0.000122. The van der Waals surface area contributed by atoms with Crippen molar-refractivity contribution in [3.63, 3.8) is 0 Å². The summed E-state index contributed by atoms with van der Waals surface area (Å²) in [4.78, 5) is 22.8. The van der Waals surface area contributed by atoms with Crippen molar-refractivity contribution in [2.24, 2.45) is 0 Å². The number of aromatic nitrogens is 3. The quantitative estimate of drug-likeness (QED) is 0.769. The fraction of sp³-hybridized carbons (Fsp3) is 0.278. The van der Waals surface area contributed by atoms with Crippen LogP contribution in [0.4, 0.5) is 5.82 Å². The van der Waals surface area contributed by atoms with Crippen LogP contribution in [0.15, 0.2) is 55.1 Å². The molecule has 1 aromatic carbocycles. The third kappa shape index (κ3) is 3.40. The van der Waals surface area contributed by atoms with Gasteiger partial charge in [0.2, 0.25) is 0 Å². The molecule has 3 aromatic rings. The maximum absolute atomic E-state index is 12.3. The number of anilines is 1. The van der Waals surface area contributed by atoms with E-state index < -0.39 is 0 Å². The average Bonchev–Trinajstić information content (AvgIpc) is 3.30. The highest BCUT2D eigenvalue weighted by molar-refractivity contribution is 5.78. The second-order valence-corrected chi connectivity index (χ2v) is 6.01. The van der Waals surface area contributed by atoms with Gasteiger partial charge < -0.3 is 19.4 Å². The highest BCUT2D eigenvalue weighted by atomic mass is 16.5. The number of rotatable bonds is 5. The summed E-state index contributed by atoms with van der Waals surface area (Å²) in [7, 11) is 0. The van der Waals surface area contributed by atoms with Gasteiger partial charge in [-0.2, -0.15) is 0 Å². The molecule has 0 radical (unpaired) electrons. The van der Waals surface area contributed by atoms with E-state index in [1.54, 1.807) is 12.4 Å². The molecule has 25 heavy (non-hydrogen) atoms. The number of amides is 1. The Hall–Kier alpha value is -3.09. The van der Waals surface area contributed by atoms with Gasteiger partial charge in [0, 0.05) is 43.9 Å². The molecule has 7 heteroatoms. The third-order valence-corrected chi connectivity index (χ3v) is 4.30. The normalized spacial score (nSPS) is 17.0. The second-order valence-electron chi connectivity index (χ2n) is 6.01. The lowest BCUT2D eigenvalue weighted by Crippen LogP contribution is -2.35. The molecule has 1 unspecified atom stereocenters. The van der Waals surface area contributed by atoms with Gasteiger partial charge >= 0.3 is 0 Å². The molecule has 128 valence electrons. The first kappa shape index (κ1) is 15.4. The Morgan fingerprint density at radius 3 is 2.84 bits per heavy atom. The number of carbonyl (C=O) groups excluding carboxylic acids is 1. The van der Waals surface area contributed by atoms with Gasteiger partial charge in [0.05, 0.1) is 0 Å². The number of carbonyl (C=O) groups is 1. The molecule has 1 N–H and O–H groups in total. The summed E-state index contributed by atoms with van der Waals surface area (Å²) < 4.78 is 7.46. The molecule has 4 rings (SSSR count). The van der Waals surface area contributed by atoms with E-state index in [1.165, 1.54) is 0 Å². The van der Waals surface area contributed by atoms with E-state index in [0.717, 1.165) is 17.9 Å². The van der Waals surface area contributed by atoms with Gasteiger partial charge in [-0.15, -0.1) is 0 Å². The standard InChI is InChI=1S/C18H19N5O2/c24-16(13-25-15-4-2-1-3-5-15)23-9-6-14(12-23)21-17-18-20-8-11-22(18)10-7-19-17/h1-5,7-8,10-11,14H,6,9,12-13H2,(H,19,21). The Morgan fingerprint density at radius 2 is 2.00 bits per heavy atom. The molecule has 2 aromatic heterocycles. The zero-order valence-corrected chi connectivity index (χ0v) is 13.7. The molecular weight excluding hydrogens is 318 g/mol. The number of benzene rings is 1. The Kier molecular flexibility index (Phi) is 4.20. The van der Waals surface area contributed by atoms with Crippen LogP contribution in [0.3, 0.4) is 0 Å². The smallest absolute Gasteiger partial charge is 0.260 e. The minimum Gasteiger partial charge on any atom is -0.484 e. The molecule has 3 heterocycles. The molecule has 0 saturated carbocycles. The zero-order valence-electron chi connectivity index (χ0n) is 13.7. The first-order valence-electron chi connectivity index (χ1n) is 8.29. The molecule has 1 fully saturated rings. The lowest BCUT2D eigenvalue weighted by atomic mass is 10.2. The van der Waals surface area contributed by atoms with E-state index in [-0.39, 0.29) is 18.6 Å². The number of imidazole rings is 1. The van der Waals surface area contributed by atoms with Crippen molar-refractivity contribution < 1.29 is 9.53 Å². The van der Waals surface area contributed by atoms with Crippen LogP contribution in [-0.4, -0.2) is 50.9 Å². The summed E-state index contributed by atoms with van der Waals surface area (Å²) >= 11 is 0. The number of hydrogen-bond acceptors (Lipinski definition) is 5. The molecule has 0 aliphatic carbocycles. The van der Waals surface area contributed by atoms with Crippen LogP contribution in [0, 0.1) is 0 Å². The second kappa shape index (κ2) is 6.80. The largest absolute Gasteiger partial charge is 0.484 e. The number of para-hydroxylation sites is 1. The van der Waals surface area contributed by atoms with Crippen molar-refractivity contribution >= 4 is 17.4 Å². The van der Waals surface area contributed by atoms with Crippen LogP contribution in [0.2, 0.25) is 0 Å². The van der Waals surface area contributed by atoms with E-state index in [4.69, 9.17) is 4.74 Å². The van der Waals surface area contributed by atoms with Gasteiger partial charge in [-0.3, -0.25) is 4.79 Å². The van der Waals surface area contributed by atoms with Crippen molar-refractivity contribution in [1.29, 1.82) is 0 Å². The lowest BCUT2D eigenvalue weighted by Gasteiger charge is -2.18. The van der Waals surface area contributed by atoms with Gasteiger partial charge in [0.1, 0.15) is 5.75 Å². The SMILES string of the molecule is O=C(COc1ccccc1)N1CCC(Nc2nccn3ccnc23)C1. The van der Waals surface area contributed by atoms with Crippen LogP contribution in [0.5, 0.6) is 5.75 Å². The molecule has 1 atom stereocenters. The first-order chi connectivity index (χ1) is 12.3. The molecule has 1 amide bonds.